The van der Waals surface area contributed by atoms with Gasteiger partial charge in [-0.25, -0.2) is 4.99 Å². The van der Waals surface area contributed by atoms with Crippen molar-refractivity contribution in [3.63, 3.8) is 0 Å². The predicted octanol–water partition coefficient (Wildman–Crippen LogP) is 4.43. The van der Waals surface area contributed by atoms with E-state index in [-0.39, 0.29) is 33.9 Å². The van der Waals surface area contributed by atoms with Crippen LogP contribution in [0.1, 0.15) is 19.4 Å². The van der Waals surface area contributed by atoms with Gasteiger partial charge in [0.2, 0.25) is 5.90 Å². The van der Waals surface area contributed by atoms with Gasteiger partial charge in [-0.05, 0) is 42.3 Å². The first-order chi connectivity index (χ1) is 13.2. The summed E-state index contributed by atoms with van der Waals surface area (Å²) in [5.74, 6) is 1.29. The van der Waals surface area contributed by atoms with Crippen LogP contribution in [0.15, 0.2) is 89.9 Å². The van der Waals surface area contributed by atoms with Crippen molar-refractivity contribution in [2.24, 2.45) is 10.9 Å². The van der Waals surface area contributed by atoms with Crippen molar-refractivity contribution < 1.29 is 25.2 Å². The average molecular weight is 496 g/mol. The monoisotopic (exact) mass is 495 g/mol. The van der Waals surface area contributed by atoms with Crippen LogP contribution >= 0.6 is 7.92 Å². The molecule has 0 radical (unpaired) electrons. The van der Waals surface area contributed by atoms with Crippen LogP contribution in [0.4, 0.5) is 0 Å². The van der Waals surface area contributed by atoms with Crippen molar-refractivity contribution in [1.82, 2.24) is 0 Å². The van der Waals surface area contributed by atoms with Crippen LogP contribution < -0.4 is 15.9 Å². The quantitative estimate of drug-likeness (QED) is 0.292. The molecule has 0 saturated heterocycles. The largest absolute Gasteiger partial charge is 0.475 e. The third kappa shape index (κ3) is 5.23. The van der Waals surface area contributed by atoms with Gasteiger partial charge in [-0.2, -0.15) is 0 Å². The summed E-state index contributed by atoms with van der Waals surface area (Å²) in [4.78, 5) is 4.90. The fourth-order valence-corrected chi connectivity index (χ4v) is 6.18. The minimum atomic E-state index is -1.14. The molecular formula is C25H28NOPPd. The summed E-state index contributed by atoms with van der Waals surface area (Å²) >= 11 is 0. The fraction of sp³-hybridized carbons (Fsp3) is 0.200. The maximum atomic E-state index is 6.04. The second kappa shape index (κ2) is 10.8. The number of aliphatic imine (C=N–C) groups is 1. The van der Waals surface area contributed by atoms with E-state index in [2.05, 4.69) is 98.8 Å². The van der Waals surface area contributed by atoms with Crippen molar-refractivity contribution in [1.29, 1.82) is 0 Å². The topological polar surface area (TPSA) is 21.6 Å². The Kier molecular flexibility index (Phi) is 8.79. The second-order valence-corrected chi connectivity index (χ2v) is 9.65. The van der Waals surface area contributed by atoms with Gasteiger partial charge in [0.25, 0.3) is 0 Å². The van der Waals surface area contributed by atoms with E-state index in [1.807, 2.05) is 0 Å². The van der Waals surface area contributed by atoms with Crippen molar-refractivity contribution in [3.05, 3.63) is 97.9 Å². The molecule has 0 aromatic heterocycles. The first-order valence-corrected chi connectivity index (χ1v) is 11.0. The van der Waals surface area contributed by atoms with Crippen LogP contribution in [0.25, 0.3) is 0 Å². The molecule has 3 aromatic rings. The zero-order valence-corrected chi connectivity index (χ0v) is 19.7. The van der Waals surface area contributed by atoms with E-state index in [1.165, 1.54) is 15.9 Å². The van der Waals surface area contributed by atoms with Gasteiger partial charge in [0.05, 0.1) is 19.5 Å². The van der Waals surface area contributed by atoms with Gasteiger partial charge in [0.15, 0.2) is 0 Å². The molecule has 2 nitrogen and oxygen atoms in total. The molecule has 0 N–H and O–H groups in total. The minimum Gasteiger partial charge on any atom is -0.475 e. The molecular weight excluding hydrogens is 468 g/mol. The van der Waals surface area contributed by atoms with Gasteiger partial charge in [0, 0.05) is 20.4 Å². The Balaban J connectivity index is 0.00000150. The van der Waals surface area contributed by atoms with Crippen molar-refractivity contribution in [3.8, 4) is 0 Å². The molecule has 0 amide bonds. The van der Waals surface area contributed by atoms with E-state index in [0.29, 0.717) is 12.5 Å². The molecule has 29 heavy (non-hydrogen) atoms. The normalized spacial score (nSPS) is 15.3. The summed E-state index contributed by atoms with van der Waals surface area (Å²) in [6.45, 7) is 5.09. The number of rotatable bonds is 5. The van der Waals surface area contributed by atoms with Gasteiger partial charge in [0.1, 0.15) is 22.5 Å². The van der Waals surface area contributed by atoms with Crippen LogP contribution in [0, 0.1) is 13.3 Å². The van der Waals surface area contributed by atoms with Crippen LogP contribution in [-0.2, 0) is 25.2 Å². The van der Waals surface area contributed by atoms with Crippen LogP contribution in [0.5, 0.6) is 0 Å². The molecule has 0 aliphatic carbocycles. The van der Waals surface area contributed by atoms with Gasteiger partial charge in [-0.1, -0.05) is 62.4 Å². The number of ether oxygens (including phenoxy) is 1. The average Bonchev–Trinajstić information content (AvgIpc) is 3.21. The molecule has 1 aliphatic rings. The van der Waals surface area contributed by atoms with E-state index < -0.39 is 7.92 Å². The molecule has 1 aliphatic heterocycles. The summed E-state index contributed by atoms with van der Waals surface area (Å²) in [7, 11) is -1.14. The SMILES string of the molecule is CC(C)[C@H]1COC(c2ccccc2[PH+](c2ccccc2)c2ccccc2)=N1.[CH3-].[Pd]. The zero-order valence-electron chi connectivity index (χ0n) is 17.1. The Hall–Kier alpha value is -1.78. The first-order valence-electron chi connectivity index (χ1n) is 9.52. The van der Waals surface area contributed by atoms with Gasteiger partial charge < -0.3 is 12.2 Å². The Morgan fingerprint density at radius 3 is 1.86 bits per heavy atom. The predicted molar refractivity (Wildman–Crippen MR) is 124 cm³/mol. The van der Waals surface area contributed by atoms with E-state index in [1.54, 1.807) is 0 Å². The Labute approximate surface area is 189 Å². The molecule has 4 heteroatoms. The third-order valence-corrected chi connectivity index (χ3v) is 7.79. The molecule has 154 valence electrons. The van der Waals surface area contributed by atoms with Crippen LogP contribution in [0.3, 0.4) is 0 Å². The van der Waals surface area contributed by atoms with E-state index in [0.717, 1.165) is 11.5 Å². The molecule has 0 unspecified atom stereocenters. The molecule has 4 rings (SSSR count). The summed E-state index contributed by atoms with van der Waals surface area (Å²) in [6, 6.07) is 30.5. The molecule has 1 heterocycles. The third-order valence-electron chi connectivity index (χ3n) is 5.00. The van der Waals surface area contributed by atoms with Gasteiger partial charge >= 0.3 is 0 Å². The maximum Gasteiger partial charge on any atom is 0.220 e. The minimum absolute atomic E-state index is 0. The molecule has 1 atom stereocenters. The molecule has 0 fully saturated rings. The molecule has 0 spiro atoms. The summed E-state index contributed by atoms with van der Waals surface area (Å²) < 4.78 is 6.04. The summed E-state index contributed by atoms with van der Waals surface area (Å²) in [6.07, 6.45) is 0. The molecule has 3 aromatic carbocycles. The standard InChI is InChI=1S/C24H24NOP.CH3.Pd/c1-18(2)22-17-26-24(25-22)21-15-9-10-16-23(21)27(19-11-5-3-6-12-19)20-13-7-4-8-14-20;;/h3-16,18,22H,17H2,1-2H3;1H3;/q;-1;/p+1/t22-;;/m1../s1. The summed E-state index contributed by atoms with van der Waals surface area (Å²) in [5, 5.41) is 4.09. The smallest absolute Gasteiger partial charge is 0.220 e. The first kappa shape index (κ1) is 23.5. The fourth-order valence-electron chi connectivity index (χ4n) is 3.45. The Morgan fingerprint density at radius 1 is 0.828 bits per heavy atom. The van der Waals surface area contributed by atoms with Crippen LogP contribution in [-0.4, -0.2) is 18.5 Å². The number of hydrogen-bond donors (Lipinski definition) is 0. The van der Waals surface area contributed by atoms with Gasteiger partial charge in [-0.15, -0.1) is 0 Å². The molecule has 0 saturated carbocycles. The number of nitrogens with zero attached hydrogens (tertiary/aromatic N) is 1. The van der Waals surface area contributed by atoms with E-state index in [4.69, 9.17) is 9.73 Å². The number of hydrogen-bond acceptors (Lipinski definition) is 2. The Morgan fingerprint density at radius 2 is 1.34 bits per heavy atom. The number of benzene rings is 3. The van der Waals surface area contributed by atoms with E-state index in [9.17, 15) is 0 Å². The zero-order chi connectivity index (χ0) is 18.6. The van der Waals surface area contributed by atoms with Gasteiger partial charge in [-0.3, -0.25) is 0 Å². The second-order valence-electron chi connectivity index (χ2n) is 7.21. The van der Waals surface area contributed by atoms with E-state index >= 15 is 0 Å². The maximum absolute atomic E-state index is 6.04. The Bertz CT molecular complexity index is 888. The summed E-state index contributed by atoms with van der Waals surface area (Å²) in [5.41, 5.74) is 1.14. The van der Waals surface area contributed by atoms with Crippen LogP contribution in [0.2, 0.25) is 0 Å². The molecule has 0 bridgehead atoms. The van der Waals surface area contributed by atoms with Crippen molar-refractivity contribution in [2.75, 3.05) is 6.61 Å². The van der Waals surface area contributed by atoms with Crippen molar-refractivity contribution in [2.45, 2.75) is 19.9 Å². The van der Waals surface area contributed by atoms with Crippen molar-refractivity contribution >= 4 is 29.7 Å².